The normalized spacial score (nSPS) is 13.7. The zero-order valence-electron chi connectivity index (χ0n) is 5.36. The van der Waals surface area contributed by atoms with E-state index in [1.54, 1.807) is 5.41 Å². The molecule has 0 amide bonds. The van der Waals surface area contributed by atoms with E-state index in [0.717, 1.165) is 0 Å². The van der Waals surface area contributed by atoms with Crippen molar-refractivity contribution in [1.82, 2.24) is 0 Å². The van der Waals surface area contributed by atoms with Gasteiger partial charge in [0.2, 0.25) is 0 Å². The molecule has 4 nitrogen and oxygen atoms in total. The Morgan fingerprint density at radius 1 is 1.80 bits per heavy atom. The second kappa shape index (κ2) is 5.13. The lowest BCUT2D eigenvalue weighted by Crippen LogP contribution is -2.32. The van der Waals surface area contributed by atoms with E-state index in [9.17, 15) is 4.79 Å². The van der Waals surface area contributed by atoms with Crippen LogP contribution in [0.25, 0.3) is 0 Å². The highest BCUT2D eigenvalue weighted by Crippen LogP contribution is 2.01. The predicted octanol–water partition coefficient (Wildman–Crippen LogP) is -0.439. The standard InChI is InChI=1S/C5H10N2O2S/c6-1-2-10-3-4(7)5(8)9/h1-2,4H,3,6-7H2,(H,8,9)/t4-/m0/s1. The zero-order valence-corrected chi connectivity index (χ0v) is 6.17. The number of carboxylic acid groups (broad SMARTS) is 1. The maximum atomic E-state index is 10.1. The summed E-state index contributed by atoms with van der Waals surface area (Å²) in [6.07, 6.45) is 1.35. The molecule has 0 saturated carbocycles. The Balaban J connectivity index is 3.39. The molecule has 0 aliphatic heterocycles. The first-order valence-corrected chi connectivity index (χ1v) is 3.70. The van der Waals surface area contributed by atoms with E-state index in [-0.39, 0.29) is 0 Å². The van der Waals surface area contributed by atoms with Crippen LogP contribution in [-0.2, 0) is 4.79 Å². The Hall–Kier alpha value is -0.680. The molecule has 0 aromatic carbocycles. The molecule has 0 aliphatic rings. The molecule has 0 saturated heterocycles. The lowest BCUT2D eigenvalue weighted by molar-refractivity contribution is -0.137. The smallest absolute Gasteiger partial charge is 0.321 e. The minimum Gasteiger partial charge on any atom is -0.480 e. The highest BCUT2D eigenvalue weighted by molar-refractivity contribution is 8.02. The number of hydrogen-bond acceptors (Lipinski definition) is 4. The van der Waals surface area contributed by atoms with Crippen LogP contribution in [0, 0.1) is 0 Å². The van der Waals surface area contributed by atoms with Crippen LogP contribution >= 0.6 is 11.8 Å². The summed E-state index contributed by atoms with van der Waals surface area (Å²) < 4.78 is 0. The number of carbonyl (C=O) groups is 1. The van der Waals surface area contributed by atoms with E-state index >= 15 is 0 Å². The second-order valence-corrected chi connectivity index (χ2v) is 2.55. The Morgan fingerprint density at radius 3 is 2.80 bits per heavy atom. The van der Waals surface area contributed by atoms with Crippen LogP contribution in [0.3, 0.4) is 0 Å². The van der Waals surface area contributed by atoms with Crippen LogP contribution in [0.4, 0.5) is 0 Å². The van der Waals surface area contributed by atoms with E-state index in [4.69, 9.17) is 16.6 Å². The van der Waals surface area contributed by atoms with Crippen LogP contribution in [0.15, 0.2) is 11.6 Å². The SMILES string of the molecule is NC=CSC[C@H](N)C(=O)O. The molecule has 0 aliphatic carbocycles. The maximum absolute atomic E-state index is 10.1. The molecule has 0 spiro atoms. The van der Waals surface area contributed by atoms with Crippen molar-refractivity contribution in [2.24, 2.45) is 11.5 Å². The van der Waals surface area contributed by atoms with Gasteiger partial charge in [-0.3, -0.25) is 4.79 Å². The van der Waals surface area contributed by atoms with Gasteiger partial charge in [-0.05, 0) is 5.41 Å². The van der Waals surface area contributed by atoms with E-state index in [1.165, 1.54) is 18.0 Å². The molecule has 0 aromatic rings. The summed E-state index contributed by atoms with van der Waals surface area (Å²) in [6.45, 7) is 0. The van der Waals surface area contributed by atoms with Gasteiger partial charge in [0.05, 0.1) is 0 Å². The van der Waals surface area contributed by atoms with Gasteiger partial charge in [0.15, 0.2) is 0 Å². The molecule has 0 fully saturated rings. The van der Waals surface area contributed by atoms with Gasteiger partial charge in [0, 0.05) is 12.0 Å². The van der Waals surface area contributed by atoms with E-state index in [0.29, 0.717) is 5.75 Å². The van der Waals surface area contributed by atoms with Crippen molar-refractivity contribution in [3.63, 3.8) is 0 Å². The Labute approximate surface area is 63.3 Å². The van der Waals surface area contributed by atoms with Crippen LogP contribution in [0.2, 0.25) is 0 Å². The molecule has 0 rings (SSSR count). The number of aliphatic carboxylic acids is 1. The van der Waals surface area contributed by atoms with Crippen molar-refractivity contribution in [3.8, 4) is 0 Å². The third-order valence-electron chi connectivity index (χ3n) is 0.768. The second-order valence-electron chi connectivity index (χ2n) is 1.61. The minimum absolute atomic E-state index is 0.350. The molecule has 0 unspecified atom stereocenters. The van der Waals surface area contributed by atoms with E-state index < -0.39 is 12.0 Å². The lowest BCUT2D eigenvalue weighted by atomic mass is 10.4. The third kappa shape index (κ3) is 4.22. The molecule has 0 radical (unpaired) electrons. The van der Waals surface area contributed by atoms with Gasteiger partial charge in [0.1, 0.15) is 6.04 Å². The van der Waals surface area contributed by atoms with E-state index in [2.05, 4.69) is 0 Å². The van der Waals surface area contributed by atoms with Gasteiger partial charge in [-0.1, -0.05) is 0 Å². The Kier molecular flexibility index (Phi) is 4.78. The lowest BCUT2D eigenvalue weighted by Gasteiger charge is -2.01. The first kappa shape index (κ1) is 9.32. The molecule has 5 N–H and O–H groups in total. The molecule has 1 atom stereocenters. The first-order chi connectivity index (χ1) is 4.68. The third-order valence-corrected chi connectivity index (χ3v) is 1.67. The summed E-state index contributed by atoms with van der Waals surface area (Å²) in [7, 11) is 0. The van der Waals surface area contributed by atoms with Crippen LogP contribution in [0.1, 0.15) is 0 Å². The Morgan fingerprint density at radius 2 is 2.40 bits per heavy atom. The molecule has 58 valence electrons. The average Bonchev–Trinajstić information content (AvgIpc) is 1.88. The highest BCUT2D eigenvalue weighted by atomic mass is 32.2. The Bertz CT molecular complexity index is 138. The fraction of sp³-hybridized carbons (Fsp3) is 0.400. The van der Waals surface area contributed by atoms with Crippen molar-refractivity contribution in [2.45, 2.75) is 6.04 Å². The fourth-order valence-electron chi connectivity index (χ4n) is 0.286. The zero-order chi connectivity index (χ0) is 7.98. The maximum Gasteiger partial charge on any atom is 0.321 e. The van der Waals surface area contributed by atoms with Crippen molar-refractivity contribution in [3.05, 3.63) is 11.6 Å². The quantitative estimate of drug-likeness (QED) is 0.521. The van der Waals surface area contributed by atoms with Gasteiger partial charge in [-0.25, -0.2) is 0 Å². The van der Waals surface area contributed by atoms with Crippen molar-refractivity contribution in [1.29, 1.82) is 0 Å². The molecule has 0 bridgehead atoms. The summed E-state index contributed by atoms with van der Waals surface area (Å²) >= 11 is 1.28. The fourth-order valence-corrected chi connectivity index (χ4v) is 0.858. The highest BCUT2D eigenvalue weighted by Gasteiger charge is 2.09. The van der Waals surface area contributed by atoms with Crippen molar-refractivity contribution < 1.29 is 9.90 Å². The number of carboxylic acids is 1. The molecule has 0 heterocycles. The average molecular weight is 162 g/mol. The molecule has 10 heavy (non-hydrogen) atoms. The van der Waals surface area contributed by atoms with Gasteiger partial charge >= 0.3 is 5.97 Å². The number of thioether (sulfide) groups is 1. The molecule has 0 aromatic heterocycles. The van der Waals surface area contributed by atoms with Crippen molar-refractivity contribution in [2.75, 3.05) is 5.75 Å². The van der Waals surface area contributed by atoms with Gasteiger partial charge in [-0.15, -0.1) is 11.8 Å². The largest absolute Gasteiger partial charge is 0.480 e. The first-order valence-electron chi connectivity index (χ1n) is 2.65. The topological polar surface area (TPSA) is 89.3 Å². The van der Waals surface area contributed by atoms with Crippen LogP contribution < -0.4 is 11.5 Å². The van der Waals surface area contributed by atoms with Crippen molar-refractivity contribution >= 4 is 17.7 Å². The number of nitrogens with two attached hydrogens (primary N) is 2. The van der Waals surface area contributed by atoms with Crippen LogP contribution in [-0.4, -0.2) is 22.9 Å². The summed E-state index contributed by atoms with van der Waals surface area (Å²) in [5.41, 5.74) is 10.2. The summed E-state index contributed by atoms with van der Waals surface area (Å²) in [5.74, 6) is -0.638. The van der Waals surface area contributed by atoms with Crippen LogP contribution in [0.5, 0.6) is 0 Å². The number of rotatable bonds is 4. The minimum atomic E-state index is -0.988. The number of hydrogen-bond donors (Lipinski definition) is 3. The van der Waals surface area contributed by atoms with Gasteiger partial charge in [0.25, 0.3) is 0 Å². The monoisotopic (exact) mass is 162 g/mol. The molecule has 5 heteroatoms. The predicted molar refractivity (Wildman–Crippen MR) is 41.4 cm³/mol. The van der Waals surface area contributed by atoms with E-state index in [1.807, 2.05) is 0 Å². The summed E-state index contributed by atoms with van der Waals surface area (Å²) in [4.78, 5) is 10.1. The molecular weight excluding hydrogens is 152 g/mol. The van der Waals surface area contributed by atoms with Gasteiger partial charge in [-0.2, -0.15) is 0 Å². The summed E-state index contributed by atoms with van der Waals surface area (Å²) in [5, 5.41) is 9.89. The molecular formula is C5H10N2O2S. The van der Waals surface area contributed by atoms with Gasteiger partial charge < -0.3 is 16.6 Å². The summed E-state index contributed by atoms with van der Waals surface area (Å²) in [6, 6.07) is -0.804.